The molecule has 0 saturated carbocycles. The lowest BCUT2D eigenvalue weighted by molar-refractivity contribution is 0.0675. The molecule has 33 heavy (non-hydrogen) atoms. The fraction of sp³-hybridized carbons (Fsp3) is 0.261. The Bertz CT molecular complexity index is 1390. The minimum absolute atomic E-state index is 0.198. The quantitative estimate of drug-likeness (QED) is 0.440. The smallest absolute Gasteiger partial charge is 0.258 e. The largest absolute Gasteiger partial charge is 0.497 e. The minimum Gasteiger partial charge on any atom is -0.497 e. The summed E-state index contributed by atoms with van der Waals surface area (Å²) in [6.07, 6.45) is 3.67. The average molecular weight is 455 g/mol. The molecule has 1 amide bonds. The number of carbonyl (C=O) groups is 1. The number of hydrogen-bond acceptors (Lipinski definition) is 4. The standard InChI is InChI=1S/C23H20F3N5O2/c1-12-21-15(22(29(2)28-21)13-8-17(24)20(26)18(25)9-13)5-6-30(12)23(32)16-11-27-31-7-4-14(33-3)10-19(16)31/h4,7-12H,5-6H2,1-3H3/t12-/m0/s1. The molecule has 0 radical (unpaired) electrons. The summed E-state index contributed by atoms with van der Waals surface area (Å²) >= 11 is 0. The second-order valence-electron chi connectivity index (χ2n) is 7.97. The van der Waals surface area contributed by atoms with E-state index in [2.05, 4.69) is 10.2 Å². The second-order valence-corrected chi connectivity index (χ2v) is 7.97. The third kappa shape index (κ3) is 3.24. The first kappa shape index (κ1) is 21.0. The molecule has 0 spiro atoms. The number of benzene rings is 1. The number of carbonyl (C=O) groups excluding carboxylic acids is 1. The maximum atomic E-state index is 13.9. The number of hydrogen-bond donors (Lipinski definition) is 0. The highest BCUT2D eigenvalue weighted by atomic mass is 19.2. The second kappa shape index (κ2) is 7.65. The summed E-state index contributed by atoms with van der Waals surface area (Å²) in [5, 5.41) is 8.79. The van der Waals surface area contributed by atoms with Crippen molar-refractivity contribution in [1.82, 2.24) is 24.3 Å². The van der Waals surface area contributed by atoms with E-state index in [9.17, 15) is 18.0 Å². The van der Waals surface area contributed by atoms with Crippen LogP contribution in [0.1, 0.15) is 34.6 Å². The van der Waals surface area contributed by atoms with E-state index in [1.54, 1.807) is 41.9 Å². The van der Waals surface area contributed by atoms with E-state index in [-0.39, 0.29) is 11.5 Å². The third-order valence-corrected chi connectivity index (χ3v) is 6.12. The molecule has 0 saturated heterocycles. The summed E-state index contributed by atoms with van der Waals surface area (Å²) in [5.74, 6) is -3.63. The molecule has 5 rings (SSSR count). The van der Waals surface area contributed by atoms with Gasteiger partial charge >= 0.3 is 0 Å². The number of ether oxygens (including phenoxy) is 1. The summed E-state index contributed by atoms with van der Waals surface area (Å²) < 4.78 is 49.6. The number of methoxy groups -OCH3 is 1. The topological polar surface area (TPSA) is 64.7 Å². The zero-order valence-corrected chi connectivity index (χ0v) is 18.1. The normalized spacial score (nSPS) is 15.7. The fourth-order valence-corrected chi connectivity index (χ4v) is 4.48. The van der Waals surface area contributed by atoms with E-state index in [1.165, 1.54) is 10.9 Å². The van der Waals surface area contributed by atoms with Gasteiger partial charge < -0.3 is 9.64 Å². The molecule has 0 bridgehead atoms. The number of halogens is 3. The first-order valence-corrected chi connectivity index (χ1v) is 10.3. The van der Waals surface area contributed by atoms with Crippen molar-refractivity contribution in [3.05, 3.63) is 70.9 Å². The summed E-state index contributed by atoms with van der Waals surface area (Å²) in [6, 6.07) is 5.03. The number of nitrogens with zero attached hydrogens (tertiary/aromatic N) is 5. The molecule has 1 aliphatic heterocycles. The number of aryl methyl sites for hydroxylation is 1. The molecule has 10 heteroatoms. The molecule has 1 aromatic carbocycles. The summed E-state index contributed by atoms with van der Waals surface area (Å²) in [7, 11) is 3.21. The summed E-state index contributed by atoms with van der Waals surface area (Å²) in [6.45, 7) is 2.23. The number of fused-ring (bicyclic) bond motifs is 2. The van der Waals surface area contributed by atoms with E-state index in [1.807, 2.05) is 6.92 Å². The molecule has 3 aromatic heterocycles. The van der Waals surface area contributed by atoms with Gasteiger partial charge in [0.1, 0.15) is 5.75 Å². The van der Waals surface area contributed by atoms with E-state index in [0.29, 0.717) is 41.2 Å². The monoisotopic (exact) mass is 455 g/mol. The Morgan fingerprint density at radius 1 is 1.18 bits per heavy atom. The molecule has 0 aliphatic carbocycles. The Hall–Kier alpha value is -3.82. The van der Waals surface area contributed by atoms with Gasteiger partial charge in [0.05, 0.1) is 41.8 Å². The van der Waals surface area contributed by atoms with Crippen LogP contribution in [0.25, 0.3) is 16.8 Å². The molecule has 4 aromatic rings. The van der Waals surface area contributed by atoms with Crippen LogP contribution in [0.5, 0.6) is 5.75 Å². The Balaban J connectivity index is 1.52. The molecule has 0 unspecified atom stereocenters. The van der Waals surface area contributed by atoms with Gasteiger partial charge in [0.25, 0.3) is 5.91 Å². The van der Waals surface area contributed by atoms with Gasteiger partial charge in [0.15, 0.2) is 17.5 Å². The van der Waals surface area contributed by atoms with Gasteiger partial charge in [0, 0.05) is 37.0 Å². The molecule has 1 aliphatic rings. The van der Waals surface area contributed by atoms with Crippen molar-refractivity contribution in [2.45, 2.75) is 19.4 Å². The van der Waals surface area contributed by atoms with Crippen LogP contribution >= 0.6 is 0 Å². The number of pyridine rings is 1. The Morgan fingerprint density at radius 3 is 2.61 bits per heavy atom. The zero-order valence-electron chi connectivity index (χ0n) is 18.1. The van der Waals surface area contributed by atoms with E-state index in [4.69, 9.17) is 4.74 Å². The SMILES string of the molecule is COc1ccn2ncc(C(=O)N3CCc4c(nn(C)c4-c4cc(F)c(F)c(F)c4)[C@@H]3C)c2c1. The zero-order chi connectivity index (χ0) is 23.4. The van der Waals surface area contributed by atoms with Crippen LogP contribution in [0.4, 0.5) is 13.2 Å². The van der Waals surface area contributed by atoms with Crippen LogP contribution in [0.3, 0.4) is 0 Å². The number of aromatic nitrogens is 4. The van der Waals surface area contributed by atoms with Crippen molar-refractivity contribution in [2.75, 3.05) is 13.7 Å². The van der Waals surface area contributed by atoms with E-state index < -0.39 is 23.5 Å². The lowest BCUT2D eigenvalue weighted by Crippen LogP contribution is -2.38. The van der Waals surface area contributed by atoms with Gasteiger partial charge in [0.2, 0.25) is 0 Å². The lowest BCUT2D eigenvalue weighted by Gasteiger charge is -2.32. The molecule has 1 atom stereocenters. The fourth-order valence-electron chi connectivity index (χ4n) is 4.48. The van der Waals surface area contributed by atoms with Gasteiger partial charge in [-0.1, -0.05) is 0 Å². The number of rotatable bonds is 3. The highest BCUT2D eigenvalue weighted by Gasteiger charge is 2.34. The number of amides is 1. The molecule has 4 heterocycles. The van der Waals surface area contributed by atoms with Crippen molar-refractivity contribution in [3.8, 4) is 17.0 Å². The maximum Gasteiger partial charge on any atom is 0.258 e. The highest BCUT2D eigenvalue weighted by Crippen LogP contribution is 2.37. The first-order valence-electron chi connectivity index (χ1n) is 10.3. The van der Waals surface area contributed by atoms with Crippen LogP contribution in [0.15, 0.2) is 36.7 Å². The maximum absolute atomic E-state index is 13.9. The predicted molar refractivity (Wildman–Crippen MR) is 113 cm³/mol. The highest BCUT2D eigenvalue weighted by molar-refractivity contribution is 6.01. The van der Waals surface area contributed by atoms with Crippen molar-refractivity contribution < 1.29 is 22.7 Å². The molecular formula is C23H20F3N5O2. The summed E-state index contributed by atoms with van der Waals surface area (Å²) in [5.41, 5.74) is 3.17. The Kier molecular flexibility index (Phi) is 4.88. The van der Waals surface area contributed by atoms with Crippen molar-refractivity contribution in [1.29, 1.82) is 0 Å². The minimum atomic E-state index is -1.51. The Labute approximate surface area is 187 Å². The molecule has 0 fully saturated rings. The third-order valence-electron chi connectivity index (χ3n) is 6.12. The predicted octanol–water partition coefficient (Wildman–Crippen LogP) is 3.92. The molecule has 0 N–H and O–H groups in total. The van der Waals surface area contributed by atoms with Crippen molar-refractivity contribution >= 4 is 11.4 Å². The van der Waals surface area contributed by atoms with Crippen LogP contribution in [0.2, 0.25) is 0 Å². The molecular weight excluding hydrogens is 435 g/mol. The Morgan fingerprint density at radius 2 is 1.91 bits per heavy atom. The summed E-state index contributed by atoms with van der Waals surface area (Å²) in [4.78, 5) is 15.1. The first-order chi connectivity index (χ1) is 15.8. The van der Waals surface area contributed by atoms with E-state index >= 15 is 0 Å². The van der Waals surface area contributed by atoms with Crippen LogP contribution in [0, 0.1) is 17.5 Å². The lowest BCUT2D eigenvalue weighted by atomic mass is 9.95. The van der Waals surface area contributed by atoms with Crippen LogP contribution < -0.4 is 4.74 Å². The van der Waals surface area contributed by atoms with Gasteiger partial charge in [-0.15, -0.1) is 0 Å². The molecule has 7 nitrogen and oxygen atoms in total. The van der Waals surface area contributed by atoms with Gasteiger partial charge in [-0.3, -0.25) is 9.48 Å². The van der Waals surface area contributed by atoms with Crippen LogP contribution in [-0.4, -0.2) is 43.9 Å². The van der Waals surface area contributed by atoms with Crippen molar-refractivity contribution in [2.24, 2.45) is 7.05 Å². The van der Waals surface area contributed by atoms with Gasteiger partial charge in [-0.25, -0.2) is 17.7 Å². The van der Waals surface area contributed by atoms with Crippen LogP contribution in [-0.2, 0) is 13.5 Å². The van der Waals surface area contributed by atoms with E-state index in [0.717, 1.165) is 17.7 Å². The van der Waals surface area contributed by atoms with Gasteiger partial charge in [-0.2, -0.15) is 10.2 Å². The van der Waals surface area contributed by atoms with Gasteiger partial charge in [-0.05, 0) is 31.5 Å². The van der Waals surface area contributed by atoms with Crippen molar-refractivity contribution in [3.63, 3.8) is 0 Å². The molecule has 170 valence electrons. The average Bonchev–Trinajstić information content (AvgIpc) is 3.37.